The number of pyridine rings is 1. The van der Waals surface area contributed by atoms with E-state index < -0.39 is 0 Å². The summed E-state index contributed by atoms with van der Waals surface area (Å²) in [6.07, 6.45) is 2.61. The molecule has 0 saturated heterocycles. The Balaban J connectivity index is 1.99. The standard InChI is InChI=1S/C22H20N4/c1-2-13-23-21-20-18(16-9-5-3-6-10-16)14-19(17-11-7-4-8-12-17)26-22(20)25-15-24-21/h3-12,14-15H,2,13H2,1H3,(H,23,24,25,26). The smallest absolute Gasteiger partial charge is 0.165 e. The number of aromatic nitrogens is 3. The van der Waals surface area contributed by atoms with E-state index in [4.69, 9.17) is 4.98 Å². The topological polar surface area (TPSA) is 50.7 Å². The molecular formula is C22H20N4. The fourth-order valence-electron chi connectivity index (χ4n) is 3.04. The number of anilines is 1. The van der Waals surface area contributed by atoms with Crippen molar-refractivity contribution in [3.8, 4) is 22.4 Å². The highest BCUT2D eigenvalue weighted by Crippen LogP contribution is 2.34. The molecule has 0 radical (unpaired) electrons. The van der Waals surface area contributed by atoms with Crippen LogP contribution in [0.3, 0.4) is 0 Å². The Kier molecular flexibility index (Phi) is 4.56. The van der Waals surface area contributed by atoms with Crippen LogP contribution in [0.2, 0.25) is 0 Å². The summed E-state index contributed by atoms with van der Waals surface area (Å²) in [5.74, 6) is 0.836. The first kappa shape index (κ1) is 16.2. The van der Waals surface area contributed by atoms with Gasteiger partial charge in [0.25, 0.3) is 0 Å². The number of nitrogens with zero attached hydrogens (tertiary/aromatic N) is 3. The van der Waals surface area contributed by atoms with E-state index in [1.165, 1.54) is 0 Å². The normalized spacial score (nSPS) is 10.8. The maximum absolute atomic E-state index is 4.81. The van der Waals surface area contributed by atoms with Crippen LogP contribution in [-0.4, -0.2) is 21.5 Å². The number of nitrogens with one attached hydrogen (secondary N) is 1. The van der Waals surface area contributed by atoms with Crippen LogP contribution in [0, 0.1) is 0 Å². The fourth-order valence-corrected chi connectivity index (χ4v) is 3.04. The van der Waals surface area contributed by atoms with Gasteiger partial charge in [-0.3, -0.25) is 0 Å². The summed E-state index contributed by atoms with van der Waals surface area (Å²) in [6, 6.07) is 22.7. The quantitative estimate of drug-likeness (QED) is 0.544. The van der Waals surface area contributed by atoms with E-state index in [0.29, 0.717) is 5.65 Å². The molecule has 0 aliphatic carbocycles. The number of hydrogen-bond donors (Lipinski definition) is 1. The van der Waals surface area contributed by atoms with E-state index in [1.807, 2.05) is 36.4 Å². The highest BCUT2D eigenvalue weighted by molar-refractivity contribution is 6.01. The molecule has 1 N–H and O–H groups in total. The molecule has 128 valence electrons. The molecule has 0 bridgehead atoms. The van der Waals surface area contributed by atoms with Gasteiger partial charge in [-0.05, 0) is 23.6 Å². The largest absolute Gasteiger partial charge is 0.369 e. The van der Waals surface area contributed by atoms with Crippen molar-refractivity contribution in [1.82, 2.24) is 15.0 Å². The lowest BCUT2D eigenvalue weighted by Gasteiger charge is -2.13. The third-order valence-corrected chi connectivity index (χ3v) is 4.30. The summed E-state index contributed by atoms with van der Waals surface area (Å²) < 4.78 is 0. The summed E-state index contributed by atoms with van der Waals surface area (Å²) in [7, 11) is 0. The Hall–Kier alpha value is -3.27. The van der Waals surface area contributed by atoms with Crippen molar-refractivity contribution in [3.05, 3.63) is 73.1 Å². The molecule has 0 atom stereocenters. The minimum atomic E-state index is 0.707. The van der Waals surface area contributed by atoms with Crippen LogP contribution in [0.1, 0.15) is 13.3 Å². The summed E-state index contributed by atoms with van der Waals surface area (Å²) in [5.41, 5.74) is 4.92. The molecular weight excluding hydrogens is 320 g/mol. The summed E-state index contributed by atoms with van der Waals surface area (Å²) >= 11 is 0. The highest BCUT2D eigenvalue weighted by atomic mass is 15.0. The van der Waals surface area contributed by atoms with Gasteiger partial charge < -0.3 is 5.32 Å². The van der Waals surface area contributed by atoms with Gasteiger partial charge in [-0.15, -0.1) is 0 Å². The fraction of sp³-hybridized carbons (Fsp3) is 0.136. The first-order valence-electron chi connectivity index (χ1n) is 8.87. The molecule has 2 aromatic carbocycles. The molecule has 4 aromatic rings. The Morgan fingerprint density at radius 3 is 2.23 bits per heavy atom. The molecule has 0 aliphatic heterocycles. The molecule has 4 nitrogen and oxygen atoms in total. The number of hydrogen-bond acceptors (Lipinski definition) is 4. The molecule has 0 amide bonds. The van der Waals surface area contributed by atoms with E-state index in [1.54, 1.807) is 6.33 Å². The average molecular weight is 340 g/mol. The molecule has 0 saturated carbocycles. The van der Waals surface area contributed by atoms with Crippen LogP contribution in [-0.2, 0) is 0 Å². The van der Waals surface area contributed by atoms with Crippen LogP contribution >= 0.6 is 0 Å². The lowest BCUT2D eigenvalue weighted by atomic mass is 10.00. The predicted molar refractivity (Wildman–Crippen MR) is 107 cm³/mol. The minimum Gasteiger partial charge on any atom is -0.369 e. The zero-order valence-corrected chi connectivity index (χ0v) is 14.7. The van der Waals surface area contributed by atoms with Gasteiger partial charge in [-0.1, -0.05) is 67.6 Å². The van der Waals surface area contributed by atoms with E-state index in [9.17, 15) is 0 Å². The van der Waals surface area contributed by atoms with Crippen molar-refractivity contribution < 1.29 is 0 Å². The number of fused-ring (bicyclic) bond motifs is 1. The number of rotatable bonds is 5. The van der Waals surface area contributed by atoms with E-state index in [0.717, 1.165) is 46.6 Å². The molecule has 4 heteroatoms. The van der Waals surface area contributed by atoms with Crippen LogP contribution in [0.5, 0.6) is 0 Å². The summed E-state index contributed by atoms with van der Waals surface area (Å²) in [6.45, 7) is 3.00. The van der Waals surface area contributed by atoms with Crippen molar-refractivity contribution >= 4 is 16.9 Å². The van der Waals surface area contributed by atoms with Crippen molar-refractivity contribution in [3.63, 3.8) is 0 Å². The molecule has 2 heterocycles. The molecule has 0 unspecified atom stereocenters. The molecule has 2 aromatic heterocycles. The van der Waals surface area contributed by atoms with Crippen molar-refractivity contribution in [2.24, 2.45) is 0 Å². The van der Waals surface area contributed by atoms with Crippen LogP contribution in [0.25, 0.3) is 33.4 Å². The molecule has 26 heavy (non-hydrogen) atoms. The second-order valence-corrected chi connectivity index (χ2v) is 6.13. The molecule has 4 rings (SSSR count). The second-order valence-electron chi connectivity index (χ2n) is 6.13. The van der Waals surface area contributed by atoms with Gasteiger partial charge in [0.1, 0.15) is 12.1 Å². The summed E-state index contributed by atoms with van der Waals surface area (Å²) in [4.78, 5) is 13.7. The predicted octanol–water partition coefficient (Wildman–Crippen LogP) is 5.18. The average Bonchev–Trinajstić information content (AvgIpc) is 2.72. The molecule has 0 fully saturated rings. The van der Waals surface area contributed by atoms with Gasteiger partial charge >= 0.3 is 0 Å². The zero-order valence-electron chi connectivity index (χ0n) is 14.7. The number of benzene rings is 2. The van der Waals surface area contributed by atoms with Gasteiger partial charge in [0.05, 0.1) is 11.1 Å². The second kappa shape index (κ2) is 7.31. The first-order valence-corrected chi connectivity index (χ1v) is 8.87. The van der Waals surface area contributed by atoms with Crippen molar-refractivity contribution in [2.45, 2.75) is 13.3 Å². The maximum atomic E-state index is 4.81. The molecule has 0 aliphatic rings. The van der Waals surface area contributed by atoms with Gasteiger partial charge in [0.15, 0.2) is 5.65 Å². The zero-order chi connectivity index (χ0) is 17.8. The lowest BCUT2D eigenvalue weighted by molar-refractivity contribution is 0.969. The Morgan fingerprint density at radius 2 is 1.54 bits per heavy atom. The highest BCUT2D eigenvalue weighted by Gasteiger charge is 2.14. The Labute approximate surface area is 153 Å². The SMILES string of the molecule is CCCNc1ncnc2nc(-c3ccccc3)cc(-c3ccccc3)c12. The third-order valence-electron chi connectivity index (χ3n) is 4.30. The Morgan fingerprint density at radius 1 is 0.846 bits per heavy atom. The Bertz CT molecular complexity index is 1010. The van der Waals surface area contributed by atoms with Gasteiger partial charge in [-0.2, -0.15) is 0 Å². The van der Waals surface area contributed by atoms with E-state index in [-0.39, 0.29) is 0 Å². The van der Waals surface area contributed by atoms with Gasteiger partial charge in [0, 0.05) is 12.1 Å². The maximum Gasteiger partial charge on any atom is 0.165 e. The van der Waals surface area contributed by atoms with Crippen LogP contribution in [0.4, 0.5) is 5.82 Å². The molecule has 0 spiro atoms. The lowest BCUT2D eigenvalue weighted by Crippen LogP contribution is -2.04. The van der Waals surface area contributed by atoms with Crippen LogP contribution < -0.4 is 5.32 Å². The minimum absolute atomic E-state index is 0.707. The third kappa shape index (κ3) is 3.14. The first-order chi connectivity index (χ1) is 12.9. The monoisotopic (exact) mass is 340 g/mol. The van der Waals surface area contributed by atoms with Gasteiger partial charge in [0.2, 0.25) is 0 Å². The van der Waals surface area contributed by atoms with Crippen LogP contribution in [0.15, 0.2) is 73.1 Å². The van der Waals surface area contributed by atoms with Crippen molar-refractivity contribution in [1.29, 1.82) is 0 Å². The summed E-state index contributed by atoms with van der Waals surface area (Å²) in [5, 5.41) is 4.38. The van der Waals surface area contributed by atoms with Gasteiger partial charge in [-0.25, -0.2) is 15.0 Å². The van der Waals surface area contributed by atoms with Crippen molar-refractivity contribution in [2.75, 3.05) is 11.9 Å². The van der Waals surface area contributed by atoms with E-state index in [2.05, 4.69) is 52.5 Å². The van der Waals surface area contributed by atoms with E-state index >= 15 is 0 Å².